The monoisotopic (exact) mass is 294 g/mol. The number of urea groups is 1. The number of halogens is 1. The molecule has 3 rings (SSSR count). The quantitative estimate of drug-likeness (QED) is 0.796. The maximum absolute atomic E-state index is 12.4. The zero-order valence-electron chi connectivity index (χ0n) is 10.4. The minimum absolute atomic E-state index is 0.128. The Labute approximate surface area is 119 Å². The van der Waals surface area contributed by atoms with Crippen molar-refractivity contribution >= 4 is 35.2 Å². The normalized spacial score (nSPS) is 20.6. The van der Waals surface area contributed by atoms with Crippen molar-refractivity contribution in [3.05, 3.63) is 28.8 Å². The molecule has 2 aliphatic rings. The van der Waals surface area contributed by atoms with Crippen LogP contribution in [0.15, 0.2) is 18.2 Å². The van der Waals surface area contributed by atoms with Crippen molar-refractivity contribution in [1.82, 2.24) is 4.90 Å². The molecular formula is C13H11ClN2O4. The van der Waals surface area contributed by atoms with Gasteiger partial charge in [-0.2, -0.15) is 0 Å². The summed E-state index contributed by atoms with van der Waals surface area (Å²) in [6, 6.07) is 3.58. The lowest BCUT2D eigenvalue weighted by Crippen LogP contribution is -2.62. The van der Waals surface area contributed by atoms with Crippen molar-refractivity contribution < 1.29 is 19.5 Å². The predicted molar refractivity (Wildman–Crippen MR) is 70.8 cm³/mol. The number of amides is 3. The summed E-state index contributed by atoms with van der Waals surface area (Å²) in [6.45, 7) is 0.421. The second-order valence-electron chi connectivity index (χ2n) is 4.78. The number of carbonyl (C=O) groups excluding carboxylic acids is 2. The fraction of sp³-hybridized carbons (Fsp3) is 0.308. The van der Waals surface area contributed by atoms with Gasteiger partial charge in [-0.1, -0.05) is 17.7 Å². The van der Waals surface area contributed by atoms with Gasteiger partial charge in [0, 0.05) is 11.6 Å². The van der Waals surface area contributed by atoms with Gasteiger partial charge in [-0.05, 0) is 24.1 Å². The topological polar surface area (TPSA) is 77.9 Å². The number of carbonyl (C=O) groups is 3. The first-order valence-electron chi connectivity index (χ1n) is 6.14. The number of nitrogens with zero attached hydrogens (tertiary/aromatic N) is 2. The van der Waals surface area contributed by atoms with Crippen molar-refractivity contribution in [2.75, 3.05) is 11.4 Å². The van der Waals surface area contributed by atoms with E-state index >= 15 is 0 Å². The number of benzene rings is 1. The number of anilines is 1. The number of imide groups is 1. The smallest absolute Gasteiger partial charge is 0.332 e. The van der Waals surface area contributed by atoms with Crippen LogP contribution in [0.4, 0.5) is 10.5 Å². The highest BCUT2D eigenvalue weighted by atomic mass is 35.5. The molecule has 0 aliphatic carbocycles. The standard InChI is InChI=1S/C13H11ClN2O4/c14-8-2-1-7-3-4-15(9(7)5-8)13(20)16-10(12(18)19)6-11(16)17/h1-2,5,10H,3-4,6H2,(H,18,19). The summed E-state index contributed by atoms with van der Waals surface area (Å²) in [5.74, 6) is -1.62. The fourth-order valence-corrected chi connectivity index (χ4v) is 2.70. The van der Waals surface area contributed by atoms with Gasteiger partial charge in [0.05, 0.1) is 12.1 Å². The molecule has 0 radical (unpaired) electrons. The number of aliphatic carboxylic acids is 1. The molecule has 20 heavy (non-hydrogen) atoms. The predicted octanol–water partition coefficient (Wildman–Crippen LogP) is 1.51. The SMILES string of the molecule is O=C(O)C1CC(=O)N1C(=O)N1CCc2ccc(Cl)cc21. The van der Waals surface area contributed by atoms with E-state index in [0.29, 0.717) is 23.7 Å². The van der Waals surface area contributed by atoms with Crippen LogP contribution in [0, 0.1) is 0 Å². The molecule has 7 heteroatoms. The second kappa shape index (κ2) is 4.49. The minimum Gasteiger partial charge on any atom is -0.480 e. The third-order valence-corrected chi connectivity index (χ3v) is 3.85. The molecule has 2 aliphatic heterocycles. The van der Waals surface area contributed by atoms with Crippen molar-refractivity contribution in [3.8, 4) is 0 Å². The number of likely N-dealkylation sites (tertiary alicyclic amines) is 1. The van der Waals surface area contributed by atoms with Gasteiger partial charge in [-0.25, -0.2) is 14.5 Å². The molecule has 3 amide bonds. The number of fused-ring (bicyclic) bond motifs is 1. The molecule has 1 saturated heterocycles. The molecule has 1 unspecified atom stereocenters. The first-order valence-corrected chi connectivity index (χ1v) is 6.51. The van der Waals surface area contributed by atoms with Gasteiger partial charge in [0.15, 0.2) is 0 Å². The maximum Gasteiger partial charge on any atom is 0.332 e. The van der Waals surface area contributed by atoms with E-state index in [9.17, 15) is 14.4 Å². The van der Waals surface area contributed by atoms with E-state index in [1.54, 1.807) is 12.1 Å². The molecule has 0 aromatic heterocycles. The van der Waals surface area contributed by atoms with Gasteiger partial charge in [0.25, 0.3) is 0 Å². The van der Waals surface area contributed by atoms with E-state index in [1.807, 2.05) is 6.07 Å². The van der Waals surface area contributed by atoms with Crippen molar-refractivity contribution in [2.45, 2.75) is 18.9 Å². The van der Waals surface area contributed by atoms with E-state index in [1.165, 1.54) is 4.90 Å². The van der Waals surface area contributed by atoms with Crippen LogP contribution in [-0.4, -0.2) is 40.5 Å². The maximum atomic E-state index is 12.4. The number of β-lactam (4-membered cyclic amide) rings is 1. The van der Waals surface area contributed by atoms with Crippen LogP contribution < -0.4 is 4.90 Å². The Morgan fingerprint density at radius 2 is 2.10 bits per heavy atom. The van der Waals surface area contributed by atoms with Crippen LogP contribution in [0.5, 0.6) is 0 Å². The lowest BCUT2D eigenvalue weighted by atomic mass is 10.0. The number of hydrogen-bond donors (Lipinski definition) is 1. The Hall–Kier alpha value is -2.08. The Bertz CT molecular complexity index is 631. The van der Waals surface area contributed by atoms with E-state index in [4.69, 9.17) is 16.7 Å². The van der Waals surface area contributed by atoms with Crippen molar-refractivity contribution in [3.63, 3.8) is 0 Å². The number of rotatable bonds is 1. The average molecular weight is 295 g/mol. The first-order chi connectivity index (χ1) is 9.49. The molecule has 1 atom stereocenters. The van der Waals surface area contributed by atoms with Gasteiger partial charge in [-0.3, -0.25) is 9.69 Å². The Morgan fingerprint density at radius 1 is 1.35 bits per heavy atom. The summed E-state index contributed by atoms with van der Waals surface area (Å²) in [7, 11) is 0. The molecule has 6 nitrogen and oxygen atoms in total. The molecule has 2 heterocycles. The summed E-state index contributed by atoms with van der Waals surface area (Å²) in [4.78, 5) is 37.0. The zero-order valence-corrected chi connectivity index (χ0v) is 11.1. The van der Waals surface area contributed by atoms with Gasteiger partial charge >= 0.3 is 12.0 Å². The van der Waals surface area contributed by atoms with E-state index in [0.717, 1.165) is 10.5 Å². The average Bonchev–Trinajstić information content (AvgIpc) is 2.78. The molecular weight excluding hydrogens is 284 g/mol. The largest absolute Gasteiger partial charge is 0.480 e. The van der Waals surface area contributed by atoms with E-state index in [-0.39, 0.29) is 6.42 Å². The minimum atomic E-state index is -1.16. The molecule has 0 bridgehead atoms. The molecule has 0 spiro atoms. The summed E-state index contributed by atoms with van der Waals surface area (Å²) >= 11 is 5.92. The summed E-state index contributed by atoms with van der Waals surface area (Å²) in [6.07, 6.45) is 0.537. The van der Waals surface area contributed by atoms with Crippen LogP contribution in [0.2, 0.25) is 5.02 Å². The Kier molecular flexibility index (Phi) is 2.90. The van der Waals surface area contributed by atoms with Crippen LogP contribution in [0.25, 0.3) is 0 Å². The highest BCUT2D eigenvalue weighted by Gasteiger charge is 2.48. The lowest BCUT2D eigenvalue weighted by molar-refractivity contribution is -0.157. The zero-order chi connectivity index (χ0) is 14.4. The van der Waals surface area contributed by atoms with Crippen LogP contribution in [0.3, 0.4) is 0 Å². The molecule has 1 aromatic carbocycles. The van der Waals surface area contributed by atoms with Crippen LogP contribution >= 0.6 is 11.6 Å². The van der Waals surface area contributed by atoms with Crippen molar-refractivity contribution in [2.24, 2.45) is 0 Å². The lowest BCUT2D eigenvalue weighted by Gasteiger charge is -2.37. The Balaban J connectivity index is 1.88. The van der Waals surface area contributed by atoms with Gasteiger partial charge in [0.2, 0.25) is 5.91 Å². The van der Waals surface area contributed by atoms with Crippen LogP contribution in [0.1, 0.15) is 12.0 Å². The van der Waals surface area contributed by atoms with Crippen LogP contribution in [-0.2, 0) is 16.0 Å². The van der Waals surface area contributed by atoms with Gasteiger partial charge in [0.1, 0.15) is 6.04 Å². The highest BCUT2D eigenvalue weighted by molar-refractivity contribution is 6.31. The summed E-state index contributed by atoms with van der Waals surface area (Å²) in [5.41, 5.74) is 1.61. The molecule has 1 aromatic rings. The molecule has 0 saturated carbocycles. The summed E-state index contributed by atoms with van der Waals surface area (Å²) in [5, 5.41) is 9.46. The van der Waals surface area contributed by atoms with Crippen molar-refractivity contribution in [1.29, 1.82) is 0 Å². The second-order valence-corrected chi connectivity index (χ2v) is 5.22. The number of hydrogen-bond acceptors (Lipinski definition) is 3. The molecule has 1 N–H and O–H groups in total. The van der Waals surface area contributed by atoms with Gasteiger partial charge < -0.3 is 5.11 Å². The number of carboxylic acid groups (broad SMARTS) is 1. The first kappa shape index (κ1) is 12.9. The van der Waals surface area contributed by atoms with E-state index < -0.39 is 23.9 Å². The Morgan fingerprint density at radius 3 is 2.75 bits per heavy atom. The molecule has 104 valence electrons. The summed E-state index contributed by atoms with van der Waals surface area (Å²) < 4.78 is 0. The fourth-order valence-electron chi connectivity index (χ4n) is 2.54. The third kappa shape index (κ3) is 1.84. The highest BCUT2D eigenvalue weighted by Crippen LogP contribution is 2.33. The van der Waals surface area contributed by atoms with E-state index in [2.05, 4.69) is 0 Å². The molecule has 1 fully saturated rings. The number of carboxylic acids is 1. The third-order valence-electron chi connectivity index (χ3n) is 3.61. The van der Waals surface area contributed by atoms with Gasteiger partial charge in [-0.15, -0.1) is 0 Å².